The fraction of sp³-hybridized carbons (Fsp3) is 0.647. The van der Waals surface area contributed by atoms with E-state index in [1.807, 2.05) is 18.1 Å². The first-order chi connectivity index (χ1) is 12.2. The van der Waals surface area contributed by atoms with Crippen molar-refractivity contribution in [2.24, 2.45) is 7.05 Å². The number of hydrogen-bond acceptors (Lipinski definition) is 6. The fourth-order valence-electron chi connectivity index (χ4n) is 3.58. The first-order valence-electron chi connectivity index (χ1n) is 9.07. The van der Waals surface area contributed by atoms with Crippen LogP contribution in [-0.2, 0) is 11.8 Å². The third-order valence-electron chi connectivity index (χ3n) is 5.25. The summed E-state index contributed by atoms with van der Waals surface area (Å²) in [4.78, 5) is 27.9. The maximum Gasteiger partial charge on any atom is 0.236 e. The van der Waals surface area contributed by atoms with Gasteiger partial charge in [-0.3, -0.25) is 14.4 Å². The van der Waals surface area contributed by atoms with Gasteiger partial charge in [-0.05, 0) is 19.4 Å². The molecular formula is C17H25N7O. The van der Waals surface area contributed by atoms with Gasteiger partial charge in [-0.25, -0.2) is 9.97 Å². The standard InChI is InChI=1S/C17H25N7O/c1-3-22(13-4-5-13)11-15(25)23-6-8-24(9-7-23)17-14-10-20-21(2)16(14)18-12-19-17/h10,12-13H,3-9,11H2,1-2H3. The number of carbonyl (C=O) groups is 1. The molecule has 0 aromatic carbocycles. The molecule has 2 aromatic heterocycles. The van der Waals surface area contributed by atoms with Crippen molar-refractivity contribution in [2.45, 2.75) is 25.8 Å². The summed E-state index contributed by atoms with van der Waals surface area (Å²) in [5.41, 5.74) is 0.839. The third kappa shape index (κ3) is 3.18. The summed E-state index contributed by atoms with van der Waals surface area (Å²) in [6, 6.07) is 0.634. The summed E-state index contributed by atoms with van der Waals surface area (Å²) in [6.45, 7) is 6.72. The molecule has 2 aliphatic rings. The molecule has 25 heavy (non-hydrogen) atoms. The Labute approximate surface area is 147 Å². The Morgan fingerprint density at radius 3 is 2.68 bits per heavy atom. The number of aryl methyl sites for hydroxylation is 1. The Morgan fingerprint density at radius 2 is 2.00 bits per heavy atom. The molecule has 1 saturated carbocycles. The Hall–Kier alpha value is -2.22. The van der Waals surface area contributed by atoms with E-state index in [1.54, 1.807) is 11.0 Å². The van der Waals surface area contributed by atoms with Crippen molar-refractivity contribution >= 4 is 22.8 Å². The van der Waals surface area contributed by atoms with Crippen LogP contribution in [0.3, 0.4) is 0 Å². The summed E-state index contributed by atoms with van der Waals surface area (Å²) in [7, 11) is 1.88. The maximum atomic E-state index is 12.6. The number of piperazine rings is 1. The third-order valence-corrected chi connectivity index (χ3v) is 5.25. The monoisotopic (exact) mass is 343 g/mol. The highest BCUT2D eigenvalue weighted by Gasteiger charge is 2.31. The van der Waals surface area contributed by atoms with E-state index >= 15 is 0 Å². The van der Waals surface area contributed by atoms with Crippen LogP contribution in [0, 0.1) is 0 Å². The van der Waals surface area contributed by atoms with Gasteiger partial charge >= 0.3 is 0 Å². The largest absolute Gasteiger partial charge is 0.352 e. The van der Waals surface area contributed by atoms with Crippen molar-refractivity contribution < 1.29 is 4.79 Å². The molecular weight excluding hydrogens is 318 g/mol. The number of aromatic nitrogens is 4. The number of rotatable bonds is 5. The van der Waals surface area contributed by atoms with E-state index in [2.05, 4.69) is 31.8 Å². The molecule has 2 aromatic rings. The molecule has 0 radical (unpaired) electrons. The average Bonchev–Trinajstić information content (AvgIpc) is 3.42. The Morgan fingerprint density at radius 1 is 1.24 bits per heavy atom. The molecule has 0 unspecified atom stereocenters. The van der Waals surface area contributed by atoms with Crippen LogP contribution in [0.2, 0.25) is 0 Å². The van der Waals surface area contributed by atoms with Crippen molar-refractivity contribution in [1.29, 1.82) is 0 Å². The number of fused-ring (bicyclic) bond motifs is 1. The maximum absolute atomic E-state index is 12.6. The summed E-state index contributed by atoms with van der Waals surface area (Å²) in [5, 5.41) is 5.24. The molecule has 1 aliphatic heterocycles. The van der Waals surface area contributed by atoms with Crippen LogP contribution < -0.4 is 4.90 Å². The lowest BCUT2D eigenvalue weighted by molar-refractivity contribution is -0.132. The second kappa shape index (κ2) is 6.59. The van der Waals surface area contributed by atoms with E-state index in [1.165, 1.54) is 12.8 Å². The lowest BCUT2D eigenvalue weighted by atomic mass is 10.2. The SMILES string of the molecule is CCN(CC(=O)N1CCN(c2ncnc3c2cnn3C)CC1)C1CC1. The van der Waals surface area contributed by atoms with E-state index in [0.29, 0.717) is 12.6 Å². The van der Waals surface area contributed by atoms with Gasteiger partial charge in [0.15, 0.2) is 5.65 Å². The molecule has 0 atom stereocenters. The minimum Gasteiger partial charge on any atom is -0.352 e. The Bertz CT molecular complexity index is 761. The minimum absolute atomic E-state index is 0.252. The Balaban J connectivity index is 1.40. The average molecular weight is 343 g/mol. The normalized spacial score (nSPS) is 18.4. The zero-order chi connectivity index (χ0) is 17.4. The molecule has 1 saturated heterocycles. The molecule has 1 aliphatic carbocycles. The van der Waals surface area contributed by atoms with Gasteiger partial charge in [0, 0.05) is 39.3 Å². The van der Waals surface area contributed by atoms with Crippen molar-refractivity contribution in [1.82, 2.24) is 29.5 Å². The van der Waals surface area contributed by atoms with E-state index in [4.69, 9.17) is 0 Å². The van der Waals surface area contributed by atoms with Crippen LogP contribution in [0.4, 0.5) is 5.82 Å². The predicted octanol–water partition coefficient (Wildman–Crippen LogP) is 0.496. The number of carbonyl (C=O) groups excluding carboxylic acids is 1. The number of nitrogens with zero attached hydrogens (tertiary/aromatic N) is 7. The van der Waals surface area contributed by atoms with E-state index in [9.17, 15) is 4.79 Å². The molecule has 3 heterocycles. The van der Waals surface area contributed by atoms with E-state index < -0.39 is 0 Å². The molecule has 0 spiro atoms. The van der Waals surface area contributed by atoms with Gasteiger partial charge in [-0.2, -0.15) is 5.10 Å². The molecule has 2 fully saturated rings. The number of hydrogen-bond donors (Lipinski definition) is 0. The van der Waals surface area contributed by atoms with Crippen LogP contribution in [0.5, 0.6) is 0 Å². The number of likely N-dealkylation sites (N-methyl/N-ethyl adjacent to an activating group) is 1. The van der Waals surface area contributed by atoms with Gasteiger partial charge in [-0.1, -0.05) is 6.92 Å². The van der Waals surface area contributed by atoms with E-state index in [-0.39, 0.29) is 5.91 Å². The predicted molar refractivity (Wildman–Crippen MR) is 95.4 cm³/mol. The molecule has 1 amide bonds. The fourth-order valence-corrected chi connectivity index (χ4v) is 3.58. The summed E-state index contributed by atoms with van der Waals surface area (Å²) in [6.07, 6.45) is 5.88. The van der Waals surface area contributed by atoms with Gasteiger partial charge in [0.1, 0.15) is 12.1 Å². The van der Waals surface area contributed by atoms with Crippen LogP contribution in [0.15, 0.2) is 12.5 Å². The first kappa shape index (κ1) is 16.3. The molecule has 0 N–H and O–H groups in total. The summed E-state index contributed by atoms with van der Waals surface area (Å²) in [5.74, 6) is 1.17. The quantitative estimate of drug-likeness (QED) is 0.787. The van der Waals surface area contributed by atoms with Gasteiger partial charge in [0.05, 0.1) is 18.1 Å². The van der Waals surface area contributed by atoms with Crippen LogP contribution in [-0.4, -0.2) is 80.8 Å². The van der Waals surface area contributed by atoms with Gasteiger partial charge in [-0.15, -0.1) is 0 Å². The second-order valence-electron chi connectivity index (χ2n) is 6.86. The van der Waals surface area contributed by atoms with Crippen LogP contribution in [0.25, 0.3) is 11.0 Å². The minimum atomic E-state index is 0.252. The van der Waals surface area contributed by atoms with Crippen LogP contribution >= 0.6 is 0 Å². The Kier molecular flexibility index (Phi) is 4.29. The van der Waals surface area contributed by atoms with Gasteiger partial charge < -0.3 is 9.80 Å². The highest BCUT2D eigenvalue weighted by Crippen LogP contribution is 2.27. The van der Waals surface area contributed by atoms with E-state index in [0.717, 1.165) is 49.6 Å². The van der Waals surface area contributed by atoms with Crippen LogP contribution in [0.1, 0.15) is 19.8 Å². The van der Waals surface area contributed by atoms with Crippen molar-refractivity contribution in [3.05, 3.63) is 12.5 Å². The number of anilines is 1. The van der Waals surface area contributed by atoms with Crippen molar-refractivity contribution in [3.63, 3.8) is 0 Å². The van der Waals surface area contributed by atoms with Gasteiger partial charge in [0.25, 0.3) is 0 Å². The summed E-state index contributed by atoms with van der Waals surface area (Å²) >= 11 is 0. The zero-order valence-electron chi connectivity index (χ0n) is 14.9. The lowest BCUT2D eigenvalue weighted by Crippen LogP contribution is -2.51. The molecule has 0 bridgehead atoms. The topological polar surface area (TPSA) is 70.4 Å². The zero-order valence-corrected chi connectivity index (χ0v) is 14.9. The molecule has 4 rings (SSSR count). The highest BCUT2D eigenvalue weighted by molar-refractivity contribution is 5.86. The molecule has 8 heteroatoms. The lowest BCUT2D eigenvalue weighted by Gasteiger charge is -2.36. The molecule has 8 nitrogen and oxygen atoms in total. The first-order valence-corrected chi connectivity index (χ1v) is 9.07. The number of amides is 1. The van der Waals surface area contributed by atoms with Crippen molar-refractivity contribution in [3.8, 4) is 0 Å². The van der Waals surface area contributed by atoms with Crippen molar-refractivity contribution in [2.75, 3.05) is 44.2 Å². The summed E-state index contributed by atoms with van der Waals surface area (Å²) < 4.78 is 1.76. The van der Waals surface area contributed by atoms with Gasteiger partial charge in [0.2, 0.25) is 5.91 Å². The smallest absolute Gasteiger partial charge is 0.236 e. The molecule has 134 valence electrons. The second-order valence-corrected chi connectivity index (χ2v) is 6.86. The highest BCUT2D eigenvalue weighted by atomic mass is 16.2.